The molecule has 2 rings (SSSR count). The molecule has 4 heteroatoms. The van der Waals surface area contributed by atoms with E-state index in [-0.39, 0.29) is 4.75 Å². The Hall–Kier alpha value is -0.220. The second kappa shape index (κ2) is 4.57. The molecule has 3 nitrogen and oxygen atoms in total. The van der Waals surface area contributed by atoms with Crippen molar-refractivity contribution in [3.8, 4) is 0 Å². The molecule has 0 unspecified atom stereocenters. The van der Waals surface area contributed by atoms with E-state index >= 15 is 0 Å². The van der Waals surface area contributed by atoms with Crippen LogP contribution in [-0.4, -0.2) is 47.5 Å². The standard InChI is InChI=1S/C12H22N2OS/c1-12(2,3)16-8-11(15)14-6-9-4-13-5-10(9)7-14/h9-10,13H,4-8H2,1-3H3/t9-,10+. The molecule has 92 valence electrons. The first-order valence-electron chi connectivity index (χ1n) is 6.08. The summed E-state index contributed by atoms with van der Waals surface area (Å²) in [5.74, 6) is 2.39. The fourth-order valence-corrected chi connectivity index (χ4v) is 3.17. The van der Waals surface area contributed by atoms with Crippen molar-refractivity contribution in [3.05, 3.63) is 0 Å². The van der Waals surface area contributed by atoms with Crippen LogP contribution in [0.2, 0.25) is 0 Å². The molecule has 0 aromatic carbocycles. The highest BCUT2D eigenvalue weighted by molar-refractivity contribution is 8.01. The topological polar surface area (TPSA) is 32.3 Å². The molecule has 0 aliphatic carbocycles. The molecule has 2 heterocycles. The zero-order valence-corrected chi connectivity index (χ0v) is 11.3. The number of rotatable bonds is 2. The van der Waals surface area contributed by atoms with E-state index in [1.54, 1.807) is 11.8 Å². The van der Waals surface area contributed by atoms with E-state index in [1.807, 2.05) is 0 Å². The lowest BCUT2D eigenvalue weighted by molar-refractivity contribution is -0.127. The van der Waals surface area contributed by atoms with Crippen LogP contribution in [-0.2, 0) is 4.79 Å². The molecule has 1 amide bonds. The third kappa shape index (κ3) is 2.92. The summed E-state index contributed by atoms with van der Waals surface area (Å²) in [6.07, 6.45) is 0. The molecule has 2 saturated heterocycles. The van der Waals surface area contributed by atoms with Crippen molar-refractivity contribution in [3.63, 3.8) is 0 Å². The van der Waals surface area contributed by atoms with Crippen LogP contribution >= 0.6 is 11.8 Å². The van der Waals surface area contributed by atoms with Gasteiger partial charge >= 0.3 is 0 Å². The predicted molar refractivity (Wildman–Crippen MR) is 68.6 cm³/mol. The van der Waals surface area contributed by atoms with Crippen molar-refractivity contribution < 1.29 is 4.79 Å². The summed E-state index contributed by atoms with van der Waals surface area (Å²) in [6, 6.07) is 0. The van der Waals surface area contributed by atoms with Gasteiger partial charge in [0.25, 0.3) is 0 Å². The van der Waals surface area contributed by atoms with Gasteiger partial charge in [0.15, 0.2) is 0 Å². The quantitative estimate of drug-likeness (QED) is 0.789. The minimum Gasteiger partial charge on any atom is -0.341 e. The third-order valence-electron chi connectivity index (χ3n) is 3.37. The molecule has 1 N–H and O–H groups in total. The Balaban J connectivity index is 1.79. The Morgan fingerprint density at radius 3 is 2.38 bits per heavy atom. The zero-order chi connectivity index (χ0) is 11.8. The van der Waals surface area contributed by atoms with Crippen LogP contribution in [0.3, 0.4) is 0 Å². The van der Waals surface area contributed by atoms with Gasteiger partial charge in [0, 0.05) is 30.9 Å². The van der Waals surface area contributed by atoms with Crippen LogP contribution in [0.15, 0.2) is 0 Å². The minimum absolute atomic E-state index is 0.187. The first-order valence-corrected chi connectivity index (χ1v) is 7.07. The van der Waals surface area contributed by atoms with Gasteiger partial charge < -0.3 is 10.2 Å². The van der Waals surface area contributed by atoms with Crippen LogP contribution in [0.25, 0.3) is 0 Å². The van der Waals surface area contributed by atoms with E-state index in [0.29, 0.717) is 23.5 Å². The van der Waals surface area contributed by atoms with Crippen molar-refractivity contribution >= 4 is 17.7 Å². The van der Waals surface area contributed by atoms with Gasteiger partial charge in [0.1, 0.15) is 0 Å². The van der Waals surface area contributed by atoms with Crippen LogP contribution in [0, 0.1) is 11.8 Å². The molecule has 2 fully saturated rings. The van der Waals surface area contributed by atoms with Gasteiger partial charge in [0.2, 0.25) is 5.91 Å². The number of likely N-dealkylation sites (tertiary alicyclic amines) is 1. The van der Waals surface area contributed by atoms with E-state index < -0.39 is 0 Å². The monoisotopic (exact) mass is 242 g/mol. The van der Waals surface area contributed by atoms with Crippen molar-refractivity contribution in [1.82, 2.24) is 10.2 Å². The lowest BCUT2D eigenvalue weighted by atomic mass is 10.0. The average Bonchev–Trinajstić information content (AvgIpc) is 2.71. The summed E-state index contributed by atoms with van der Waals surface area (Å²) in [5, 5.41) is 3.40. The Morgan fingerprint density at radius 2 is 1.88 bits per heavy atom. The summed E-state index contributed by atoms with van der Waals surface area (Å²) < 4.78 is 0.187. The van der Waals surface area contributed by atoms with Crippen LogP contribution < -0.4 is 5.32 Å². The molecule has 2 aliphatic rings. The first kappa shape index (κ1) is 12.2. The lowest BCUT2D eigenvalue weighted by Crippen LogP contribution is -2.33. The Morgan fingerprint density at radius 1 is 1.31 bits per heavy atom. The Labute approximate surface area is 102 Å². The highest BCUT2D eigenvalue weighted by Crippen LogP contribution is 2.28. The number of carbonyl (C=O) groups excluding carboxylic acids is 1. The average molecular weight is 242 g/mol. The number of carbonyl (C=O) groups is 1. The fraction of sp³-hybridized carbons (Fsp3) is 0.917. The van der Waals surface area contributed by atoms with E-state index in [2.05, 4.69) is 31.0 Å². The van der Waals surface area contributed by atoms with Crippen LogP contribution in [0.4, 0.5) is 0 Å². The summed E-state index contributed by atoms with van der Waals surface area (Å²) in [7, 11) is 0. The minimum atomic E-state index is 0.187. The van der Waals surface area contributed by atoms with Gasteiger partial charge in [-0.3, -0.25) is 4.79 Å². The molecule has 0 radical (unpaired) electrons. The van der Waals surface area contributed by atoms with E-state index in [9.17, 15) is 4.79 Å². The molecule has 2 aliphatic heterocycles. The van der Waals surface area contributed by atoms with Gasteiger partial charge in [-0.15, -0.1) is 11.8 Å². The number of fused-ring (bicyclic) bond motifs is 1. The Bertz CT molecular complexity index is 263. The molecule has 16 heavy (non-hydrogen) atoms. The number of nitrogens with zero attached hydrogens (tertiary/aromatic N) is 1. The highest BCUT2D eigenvalue weighted by atomic mass is 32.2. The number of nitrogens with one attached hydrogen (secondary N) is 1. The maximum absolute atomic E-state index is 12.0. The second-order valence-corrected chi connectivity index (χ2v) is 7.68. The van der Waals surface area contributed by atoms with Crippen molar-refractivity contribution in [2.45, 2.75) is 25.5 Å². The molecular formula is C12H22N2OS. The smallest absolute Gasteiger partial charge is 0.232 e. The SMILES string of the molecule is CC(C)(C)SCC(=O)N1C[C@H]2CNC[C@H]2C1. The molecular weight excluding hydrogens is 220 g/mol. The maximum atomic E-state index is 12.0. The molecule has 0 spiro atoms. The van der Waals surface area contributed by atoms with Gasteiger partial charge in [-0.1, -0.05) is 20.8 Å². The second-order valence-electron chi connectivity index (χ2n) is 5.88. The van der Waals surface area contributed by atoms with Gasteiger partial charge in [-0.05, 0) is 11.8 Å². The van der Waals surface area contributed by atoms with E-state index in [0.717, 1.165) is 26.2 Å². The Kier molecular flexibility index (Phi) is 3.50. The number of thioether (sulfide) groups is 1. The largest absolute Gasteiger partial charge is 0.341 e. The first-order chi connectivity index (χ1) is 7.46. The van der Waals surface area contributed by atoms with Gasteiger partial charge in [-0.2, -0.15) is 0 Å². The van der Waals surface area contributed by atoms with Gasteiger partial charge in [0.05, 0.1) is 5.75 Å². The molecule has 0 aromatic rings. The number of hydrogen-bond donors (Lipinski definition) is 1. The fourth-order valence-electron chi connectivity index (χ4n) is 2.43. The molecule has 0 saturated carbocycles. The molecule has 2 atom stereocenters. The van der Waals surface area contributed by atoms with Crippen LogP contribution in [0.5, 0.6) is 0 Å². The summed E-state index contributed by atoms with van der Waals surface area (Å²) in [6.45, 7) is 10.6. The van der Waals surface area contributed by atoms with Crippen LogP contribution in [0.1, 0.15) is 20.8 Å². The van der Waals surface area contributed by atoms with Crippen molar-refractivity contribution in [1.29, 1.82) is 0 Å². The number of hydrogen-bond acceptors (Lipinski definition) is 3. The summed E-state index contributed by atoms with van der Waals surface area (Å²) in [5.41, 5.74) is 0. The van der Waals surface area contributed by atoms with E-state index in [4.69, 9.17) is 0 Å². The van der Waals surface area contributed by atoms with Crippen molar-refractivity contribution in [2.24, 2.45) is 11.8 Å². The molecule has 0 aromatic heterocycles. The summed E-state index contributed by atoms with van der Waals surface area (Å²) >= 11 is 1.75. The third-order valence-corrected chi connectivity index (χ3v) is 4.63. The predicted octanol–water partition coefficient (Wildman–Crippen LogP) is 1.20. The van der Waals surface area contributed by atoms with Crippen molar-refractivity contribution in [2.75, 3.05) is 31.9 Å². The number of amides is 1. The molecule has 0 bridgehead atoms. The highest BCUT2D eigenvalue weighted by Gasteiger charge is 2.37. The maximum Gasteiger partial charge on any atom is 0.232 e. The normalized spacial score (nSPS) is 29.6. The van der Waals surface area contributed by atoms with Gasteiger partial charge in [-0.25, -0.2) is 0 Å². The summed E-state index contributed by atoms with van der Waals surface area (Å²) in [4.78, 5) is 14.1. The zero-order valence-electron chi connectivity index (χ0n) is 10.5. The lowest BCUT2D eigenvalue weighted by Gasteiger charge is -2.21. The van der Waals surface area contributed by atoms with E-state index in [1.165, 1.54) is 0 Å².